The van der Waals surface area contributed by atoms with E-state index in [0.717, 1.165) is 5.56 Å². The molecule has 1 aromatic carbocycles. The zero-order valence-corrected chi connectivity index (χ0v) is 13.8. The number of ether oxygens (including phenoxy) is 1. The van der Waals surface area contributed by atoms with Crippen molar-refractivity contribution < 1.29 is 14.3 Å². The fourth-order valence-corrected chi connectivity index (χ4v) is 2.00. The summed E-state index contributed by atoms with van der Waals surface area (Å²) >= 11 is 0. The first-order valence-corrected chi connectivity index (χ1v) is 7.81. The maximum Gasteiger partial charge on any atom is 0.253 e. The largest absolute Gasteiger partial charge is 0.473 e. The fourth-order valence-electron chi connectivity index (χ4n) is 2.00. The number of hydrogen-bond donors (Lipinski definition) is 2. The first kappa shape index (κ1) is 17.5. The smallest absolute Gasteiger partial charge is 0.253 e. The van der Waals surface area contributed by atoms with E-state index in [0.29, 0.717) is 24.6 Å². The lowest BCUT2D eigenvalue weighted by atomic mass is 10.2. The van der Waals surface area contributed by atoms with Crippen molar-refractivity contribution in [2.45, 2.75) is 26.5 Å². The van der Waals surface area contributed by atoms with Crippen molar-refractivity contribution >= 4 is 11.8 Å². The van der Waals surface area contributed by atoms with Gasteiger partial charge in [0.25, 0.3) is 5.91 Å². The van der Waals surface area contributed by atoms with Crippen molar-refractivity contribution in [2.24, 2.45) is 0 Å². The number of pyridine rings is 1. The molecule has 0 saturated heterocycles. The fraction of sp³-hybridized carbons (Fsp3) is 0.278. The Morgan fingerprint density at radius 3 is 2.54 bits per heavy atom. The molecule has 6 heteroatoms. The molecule has 2 aromatic rings. The second-order valence-corrected chi connectivity index (χ2v) is 5.25. The van der Waals surface area contributed by atoms with Crippen LogP contribution in [0.2, 0.25) is 0 Å². The zero-order chi connectivity index (χ0) is 17.4. The number of nitrogens with one attached hydrogen (secondary N) is 2. The van der Waals surface area contributed by atoms with Gasteiger partial charge in [-0.25, -0.2) is 4.98 Å². The number of hydrogen-bond acceptors (Lipinski definition) is 4. The van der Waals surface area contributed by atoms with Crippen LogP contribution in [0.5, 0.6) is 5.88 Å². The summed E-state index contributed by atoms with van der Waals surface area (Å²) in [7, 11) is 0. The van der Waals surface area contributed by atoms with Gasteiger partial charge < -0.3 is 15.4 Å². The summed E-state index contributed by atoms with van der Waals surface area (Å²) in [6.45, 7) is 4.39. The van der Waals surface area contributed by atoms with E-state index < -0.39 is 6.04 Å². The summed E-state index contributed by atoms with van der Waals surface area (Å²) < 4.78 is 5.57. The molecule has 0 saturated carbocycles. The van der Waals surface area contributed by atoms with E-state index in [4.69, 9.17) is 4.74 Å². The Morgan fingerprint density at radius 1 is 1.17 bits per heavy atom. The molecule has 0 unspecified atom stereocenters. The van der Waals surface area contributed by atoms with Crippen molar-refractivity contribution in [1.29, 1.82) is 0 Å². The zero-order valence-electron chi connectivity index (χ0n) is 13.8. The highest BCUT2D eigenvalue weighted by atomic mass is 16.5. The topological polar surface area (TPSA) is 80.3 Å². The monoisotopic (exact) mass is 327 g/mol. The van der Waals surface area contributed by atoms with Crippen LogP contribution in [-0.4, -0.2) is 29.4 Å². The van der Waals surface area contributed by atoms with Crippen LogP contribution in [0.3, 0.4) is 0 Å². The van der Waals surface area contributed by atoms with Crippen molar-refractivity contribution in [3.63, 3.8) is 0 Å². The summed E-state index contributed by atoms with van der Waals surface area (Å²) in [6, 6.07) is 12.4. The van der Waals surface area contributed by atoms with Crippen LogP contribution in [0.25, 0.3) is 0 Å². The van der Waals surface area contributed by atoms with Crippen LogP contribution >= 0.6 is 0 Å². The molecule has 0 aliphatic heterocycles. The Bertz CT molecular complexity index is 672. The van der Waals surface area contributed by atoms with Crippen LogP contribution in [0.1, 0.15) is 29.8 Å². The first-order valence-electron chi connectivity index (χ1n) is 7.81. The second-order valence-electron chi connectivity index (χ2n) is 5.25. The van der Waals surface area contributed by atoms with E-state index >= 15 is 0 Å². The lowest BCUT2D eigenvalue weighted by molar-refractivity contribution is -0.122. The number of carbonyl (C=O) groups excluding carboxylic acids is 2. The van der Waals surface area contributed by atoms with Gasteiger partial charge in [0.15, 0.2) is 0 Å². The van der Waals surface area contributed by atoms with E-state index in [-0.39, 0.29) is 11.8 Å². The van der Waals surface area contributed by atoms with Gasteiger partial charge in [-0.15, -0.1) is 0 Å². The van der Waals surface area contributed by atoms with Gasteiger partial charge in [0.1, 0.15) is 12.6 Å². The van der Waals surface area contributed by atoms with Crippen LogP contribution in [0.15, 0.2) is 48.7 Å². The van der Waals surface area contributed by atoms with Gasteiger partial charge in [0, 0.05) is 18.8 Å². The normalized spacial score (nSPS) is 11.4. The second kappa shape index (κ2) is 8.67. The minimum Gasteiger partial charge on any atom is -0.473 e. The molecule has 2 N–H and O–H groups in total. The van der Waals surface area contributed by atoms with Crippen molar-refractivity contribution in [2.75, 3.05) is 6.54 Å². The minimum absolute atomic E-state index is 0.221. The van der Waals surface area contributed by atoms with Gasteiger partial charge in [-0.3, -0.25) is 9.59 Å². The Kier molecular flexibility index (Phi) is 6.31. The number of likely N-dealkylation sites (N-methyl/N-ethyl adjacent to an activating group) is 1. The molecule has 1 heterocycles. The minimum atomic E-state index is -0.605. The molecule has 0 aliphatic carbocycles. The van der Waals surface area contributed by atoms with Gasteiger partial charge in [0.2, 0.25) is 11.8 Å². The highest BCUT2D eigenvalue weighted by Gasteiger charge is 2.16. The summed E-state index contributed by atoms with van der Waals surface area (Å²) in [4.78, 5) is 27.8. The molecule has 2 amide bonds. The Morgan fingerprint density at radius 2 is 1.92 bits per heavy atom. The summed E-state index contributed by atoms with van der Waals surface area (Å²) in [5.74, 6) is -0.135. The number of rotatable bonds is 7. The van der Waals surface area contributed by atoms with E-state index in [1.807, 2.05) is 37.3 Å². The number of amides is 2. The van der Waals surface area contributed by atoms with Crippen molar-refractivity contribution in [3.8, 4) is 5.88 Å². The van der Waals surface area contributed by atoms with Crippen LogP contribution in [-0.2, 0) is 11.4 Å². The van der Waals surface area contributed by atoms with Gasteiger partial charge in [-0.05, 0) is 25.5 Å². The van der Waals surface area contributed by atoms with Crippen LogP contribution in [0.4, 0.5) is 0 Å². The molecule has 0 spiro atoms. The van der Waals surface area contributed by atoms with Gasteiger partial charge in [-0.1, -0.05) is 30.3 Å². The molecule has 6 nitrogen and oxygen atoms in total. The standard InChI is InChI=1S/C18H21N3O3/c1-3-19-17(22)13(2)21-18(23)15-9-10-16(20-11-15)24-12-14-7-5-4-6-8-14/h4-11,13H,3,12H2,1-2H3,(H,19,22)(H,21,23)/t13-/m1/s1. The Labute approximate surface area is 141 Å². The summed E-state index contributed by atoms with van der Waals surface area (Å²) in [5, 5.41) is 5.28. The number of benzene rings is 1. The molecule has 0 radical (unpaired) electrons. The molecule has 1 atom stereocenters. The number of nitrogens with zero attached hydrogens (tertiary/aromatic N) is 1. The van der Waals surface area contributed by atoms with E-state index in [1.165, 1.54) is 6.20 Å². The third kappa shape index (κ3) is 5.08. The quantitative estimate of drug-likeness (QED) is 0.814. The predicted octanol–water partition coefficient (Wildman–Crippen LogP) is 1.91. The van der Waals surface area contributed by atoms with Crippen LogP contribution in [0, 0.1) is 0 Å². The average molecular weight is 327 g/mol. The summed E-state index contributed by atoms with van der Waals surface area (Å²) in [5.41, 5.74) is 1.41. The van der Waals surface area contributed by atoms with Gasteiger partial charge in [0.05, 0.1) is 5.56 Å². The molecular weight excluding hydrogens is 306 g/mol. The molecular formula is C18H21N3O3. The van der Waals surface area contributed by atoms with Crippen molar-refractivity contribution in [3.05, 3.63) is 59.8 Å². The van der Waals surface area contributed by atoms with Gasteiger partial charge >= 0.3 is 0 Å². The third-order valence-electron chi connectivity index (χ3n) is 3.32. The lowest BCUT2D eigenvalue weighted by Crippen LogP contribution is -2.44. The Balaban J connectivity index is 1.89. The number of aromatic nitrogens is 1. The highest BCUT2D eigenvalue weighted by molar-refractivity contribution is 5.97. The maximum atomic E-state index is 12.1. The van der Waals surface area contributed by atoms with E-state index in [2.05, 4.69) is 15.6 Å². The molecule has 24 heavy (non-hydrogen) atoms. The average Bonchev–Trinajstić information content (AvgIpc) is 2.61. The van der Waals surface area contributed by atoms with Gasteiger partial charge in [-0.2, -0.15) is 0 Å². The lowest BCUT2D eigenvalue weighted by Gasteiger charge is -2.13. The van der Waals surface area contributed by atoms with Crippen LogP contribution < -0.4 is 15.4 Å². The third-order valence-corrected chi connectivity index (χ3v) is 3.32. The SMILES string of the molecule is CCNC(=O)[C@@H](C)NC(=O)c1ccc(OCc2ccccc2)nc1. The van der Waals surface area contributed by atoms with E-state index in [9.17, 15) is 9.59 Å². The molecule has 2 rings (SSSR count). The number of carbonyl (C=O) groups is 2. The molecule has 126 valence electrons. The highest BCUT2D eigenvalue weighted by Crippen LogP contribution is 2.10. The molecule has 0 aliphatic rings. The van der Waals surface area contributed by atoms with Crippen molar-refractivity contribution in [1.82, 2.24) is 15.6 Å². The molecule has 0 fully saturated rings. The first-order chi connectivity index (χ1) is 11.6. The van der Waals surface area contributed by atoms with E-state index in [1.54, 1.807) is 19.1 Å². The molecule has 1 aromatic heterocycles. The summed E-state index contributed by atoms with van der Waals surface area (Å²) in [6.07, 6.45) is 1.43. The predicted molar refractivity (Wildman–Crippen MR) is 90.6 cm³/mol. The Hall–Kier alpha value is -2.89. The molecule has 0 bridgehead atoms. The maximum absolute atomic E-state index is 12.1.